The van der Waals surface area contributed by atoms with Crippen LogP contribution in [-0.2, 0) is 27.3 Å². The Morgan fingerprint density at radius 1 is 1.24 bits per heavy atom. The highest BCUT2D eigenvalue weighted by Gasteiger charge is 2.27. The molecule has 33 heavy (non-hydrogen) atoms. The van der Waals surface area contributed by atoms with Gasteiger partial charge in [0.15, 0.2) is 0 Å². The summed E-state index contributed by atoms with van der Waals surface area (Å²) in [6.45, 7) is 2.05. The summed E-state index contributed by atoms with van der Waals surface area (Å²) in [6, 6.07) is 6.79. The molecular weight excluding hydrogens is 429 g/mol. The molecule has 1 aliphatic carbocycles. The van der Waals surface area contributed by atoms with E-state index in [0.29, 0.717) is 12.1 Å². The fourth-order valence-corrected chi connectivity index (χ4v) is 4.24. The molecule has 9 nitrogen and oxygen atoms in total. The van der Waals surface area contributed by atoms with Crippen LogP contribution in [0.5, 0.6) is 0 Å². The summed E-state index contributed by atoms with van der Waals surface area (Å²) >= 11 is 0. The maximum Gasteiger partial charge on any atom is 0.290 e. The minimum Gasteiger partial charge on any atom is -0.483 e. The van der Waals surface area contributed by atoms with Gasteiger partial charge in [0.2, 0.25) is 11.8 Å². The lowest BCUT2D eigenvalue weighted by atomic mass is 9.85. The number of hydrogen-bond acceptors (Lipinski definition) is 4. The number of rotatable bonds is 6. The summed E-state index contributed by atoms with van der Waals surface area (Å²) in [6.07, 6.45) is 4.91. The van der Waals surface area contributed by atoms with Gasteiger partial charge < -0.3 is 20.7 Å². The highest BCUT2D eigenvalue weighted by molar-refractivity contribution is 5.90. The molecule has 1 aromatic carbocycles. The molecule has 176 valence electrons. The van der Waals surface area contributed by atoms with Crippen LogP contribution in [0.4, 0.5) is 4.39 Å². The lowest BCUT2D eigenvalue weighted by Crippen LogP contribution is -2.41. The van der Waals surface area contributed by atoms with Crippen LogP contribution in [0.3, 0.4) is 0 Å². The fourth-order valence-electron chi connectivity index (χ4n) is 4.24. The van der Waals surface area contributed by atoms with Crippen LogP contribution in [0.2, 0.25) is 0 Å². The Morgan fingerprint density at radius 2 is 1.97 bits per heavy atom. The van der Waals surface area contributed by atoms with Crippen LogP contribution < -0.4 is 10.6 Å². The van der Waals surface area contributed by atoms with E-state index in [0.717, 1.165) is 48.0 Å². The number of hydrogen-bond donors (Lipinski definition) is 5. The molecule has 0 spiro atoms. The maximum atomic E-state index is 14.0. The number of carboxylic acid groups (broad SMARTS) is 1. The molecule has 2 aromatic heterocycles. The fraction of sp³-hybridized carbons (Fsp3) is 0.391. The molecule has 10 heteroatoms. The molecule has 0 atom stereocenters. The Kier molecular flexibility index (Phi) is 8.17. The number of para-hydroxylation sites is 1. The SMILES string of the molecule is Cc1[nH]c2c(F)cccc2c1CC(=O)NC1CCC(C(=O)NCc2ccn[nH]2)CC1.O=CO. The first-order chi connectivity index (χ1) is 15.9. The summed E-state index contributed by atoms with van der Waals surface area (Å²) < 4.78 is 14.0. The number of amides is 2. The summed E-state index contributed by atoms with van der Waals surface area (Å²) in [4.78, 5) is 36.4. The number of benzene rings is 1. The van der Waals surface area contributed by atoms with Gasteiger partial charge in [0.1, 0.15) is 5.82 Å². The van der Waals surface area contributed by atoms with Gasteiger partial charge in [-0.2, -0.15) is 5.10 Å². The van der Waals surface area contributed by atoms with E-state index in [1.54, 1.807) is 12.3 Å². The monoisotopic (exact) mass is 457 g/mol. The van der Waals surface area contributed by atoms with Crippen LogP contribution in [0.25, 0.3) is 10.9 Å². The van der Waals surface area contributed by atoms with Gasteiger partial charge in [-0.1, -0.05) is 12.1 Å². The summed E-state index contributed by atoms with van der Waals surface area (Å²) in [5.74, 6) is -0.368. The van der Waals surface area contributed by atoms with Gasteiger partial charge in [0, 0.05) is 29.2 Å². The van der Waals surface area contributed by atoms with Gasteiger partial charge in [-0.05, 0) is 50.3 Å². The van der Waals surface area contributed by atoms with Crippen LogP contribution in [-0.4, -0.2) is 44.6 Å². The zero-order valence-electron chi connectivity index (χ0n) is 18.4. The first-order valence-electron chi connectivity index (χ1n) is 10.8. The van der Waals surface area contributed by atoms with Gasteiger partial charge in [-0.25, -0.2) is 4.39 Å². The molecule has 2 heterocycles. The van der Waals surface area contributed by atoms with Crippen molar-refractivity contribution in [2.75, 3.05) is 0 Å². The lowest BCUT2D eigenvalue weighted by molar-refractivity contribution is -0.126. The molecule has 1 fully saturated rings. The quantitative estimate of drug-likeness (QED) is 0.362. The largest absolute Gasteiger partial charge is 0.483 e. The van der Waals surface area contributed by atoms with Crippen molar-refractivity contribution >= 4 is 29.2 Å². The molecule has 0 radical (unpaired) electrons. The van der Waals surface area contributed by atoms with Crippen molar-refractivity contribution < 1.29 is 23.9 Å². The molecule has 3 aromatic rings. The highest BCUT2D eigenvalue weighted by atomic mass is 19.1. The van der Waals surface area contributed by atoms with Crippen molar-refractivity contribution in [3.05, 3.63) is 53.2 Å². The van der Waals surface area contributed by atoms with Gasteiger partial charge in [0.05, 0.1) is 24.2 Å². The third kappa shape index (κ3) is 6.18. The predicted molar refractivity (Wildman–Crippen MR) is 120 cm³/mol. The molecule has 5 N–H and O–H groups in total. The van der Waals surface area contributed by atoms with Crippen molar-refractivity contribution in [1.82, 2.24) is 25.8 Å². The van der Waals surface area contributed by atoms with Crippen molar-refractivity contribution in [3.8, 4) is 0 Å². The van der Waals surface area contributed by atoms with Crippen molar-refractivity contribution in [2.45, 2.75) is 51.6 Å². The van der Waals surface area contributed by atoms with E-state index in [1.165, 1.54) is 6.07 Å². The van der Waals surface area contributed by atoms with E-state index in [-0.39, 0.29) is 42.5 Å². The Balaban J connectivity index is 0.000000968. The second kappa shape index (κ2) is 11.3. The third-order valence-electron chi connectivity index (χ3n) is 5.92. The van der Waals surface area contributed by atoms with E-state index < -0.39 is 0 Å². The number of nitrogens with one attached hydrogen (secondary N) is 4. The maximum absolute atomic E-state index is 14.0. The number of H-pyrrole nitrogens is 2. The van der Waals surface area contributed by atoms with E-state index in [4.69, 9.17) is 9.90 Å². The Hall–Kier alpha value is -3.69. The minimum atomic E-state index is -0.314. The number of nitrogens with zero attached hydrogens (tertiary/aromatic N) is 1. The van der Waals surface area contributed by atoms with E-state index >= 15 is 0 Å². The smallest absolute Gasteiger partial charge is 0.290 e. The summed E-state index contributed by atoms with van der Waals surface area (Å²) in [5.41, 5.74) is 2.95. The van der Waals surface area contributed by atoms with Crippen LogP contribution >= 0.6 is 0 Å². The van der Waals surface area contributed by atoms with E-state index in [1.807, 2.05) is 19.1 Å². The summed E-state index contributed by atoms with van der Waals surface area (Å²) in [5, 5.41) is 20.4. The minimum absolute atomic E-state index is 0.0279. The zero-order valence-corrected chi connectivity index (χ0v) is 18.4. The number of aryl methyl sites for hydroxylation is 1. The second-order valence-corrected chi connectivity index (χ2v) is 8.09. The predicted octanol–water partition coefficient (Wildman–Crippen LogP) is 2.57. The molecule has 0 bridgehead atoms. The first-order valence-corrected chi connectivity index (χ1v) is 10.8. The molecule has 2 amide bonds. The van der Waals surface area contributed by atoms with Crippen LogP contribution in [0.1, 0.15) is 42.6 Å². The third-order valence-corrected chi connectivity index (χ3v) is 5.92. The Bertz CT molecular complexity index is 1090. The van der Waals surface area contributed by atoms with Crippen molar-refractivity contribution in [2.24, 2.45) is 5.92 Å². The number of halogens is 1. The Labute approximate surface area is 190 Å². The molecule has 1 saturated carbocycles. The second-order valence-electron chi connectivity index (χ2n) is 8.09. The average molecular weight is 458 g/mol. The molecule has 0 saturated heterocycles. The lowest BCUT2D eigenvalue weighted by Gasteiger charge is -2.28. The number of aromatic amines is 2. The van der Waals surface area contributed by atoms with Gasteiger partial charge in [0.25, 0.3) is 6.47 Å². The van der Waals surface area contributed by atoms with Crippen LogP contribution in [0, 0.1) is 18.7 Å². The molecule has 1 aliphatic rings. The summed E-state index contributed by atoms with van der Waals surface area (Å²) in [7, 11) is 0. The Morgan fingerprint density at radius 3 is 2.64 bits per heavy atom. The number of carbonyl (C=O) groups is 3. The van der Waals surface area contributed by atoms with Gasteiger partial charge >= 0.3 is 0 Å². The number of carbonyl (C=O) groups excluding carboxylic acids is 2. The number of aromatic nitrogens is 3. The van der Waals surface area contributed by atoms with E-state index in [2.05, 4.69) is 25.8 Å². The van der Waals surface area contributed by atoms with Gasteiger partial charge in [-0.3, -0.25) is 19.5 Å². The highest BCUT2D eigenvalue weighted by Crippen LogP contribution is 2.26. The molecule has 0 aliphatic heterocycles. The number of fused-ring (bicyclic) bond motifs is 1. The van der Waals surface area contributed by atoms with Crippen molar-refractivity contribution in [3.63, 3.8) is 0 Å². The van der Waals surface area contributed by atoms with Crippen molar-refractivity contribution in [1.29, 1.82) is 0 Å². The molecular formula is C23H28FN5O4. The molecule has 0 unspecified atom stereocenters. The van der Waals surface area contributed by atoms with Gasteiger partial charge in [-0.15, -0.1) is 0 Å². The zero-order chi connectivity index (χ0) is 23.8. The average Bonchev–Trinajstić information content (AvgIpc) is 3.42. The standard InChI is InChI=1S/C22H26FN5O2.CH2O2/c1-13-18(17-3-2-4-19(23)21(17)26-13)11-20(29)27-15-7-5-14(6-8-15)22(30)24-12-16-9-10-25-28-16;2-1-3/h2-4,9-10,14-15,26H,5-8,11-12H2,1H3,(H,24,30)(H,25,28)(H,27,29);1H,(H,2,3). The first kappa shape index (κ1) is 24.0. The molecule has 4 rings (SSSR count). The van der Waals surface area contributed by atoms with E-state index in [9.17, 15) is 14.0 Å². The normalized spacial score (nSPS) is 17.6. The topological polar surface area (TPSA) is 140 Å². The van der Waals surface area contributed by atoms with Crippen LogP contribution in [0.15, 0.2) is 30.5 Å².